The lowest BCUT2D eigenvalue weighted by atomic mass is 9.89. The van der Waals surface area contributed by atoms with Gasteiger partial charge in [0, 0.05) is 19.3 Å². The molecule has 1 amide bonds. The summed E-state index contributed by atoms with van der Waals surface area (Å²) in [5, 5.41) is -0.206. The highest BCUT2D eigenvalue weighted by Crippen LogP contribution is 2.33. The molecule has 2 heterocycles. The zero-order chi connectivity index (χ0) is 15.1. The van der Waals surface area contributed by atoms with E-state index in [0.717, 1.165) is 12.3 Å². The van der Waals surface area contributed by atoms with Crippen molar-refractivity contribution in [1.82, 2.24) is 9.29 Å². The number of aromatic amines is 1. The minimum absolute atomic E-state index is 0.0153. The lowest BCUT2D eigenvalue weighted by Gasteiger charge is -2.20. The number of pyridine rings is 1. The molecule has 1 atom stereocenters. The zero-order valence-corrected chi connectivity index (χ0v) is 12.3. The van der Waals surface area contributed by atoms with E-state index in [2.05, 4.69) is 4.98 Å². The summed E-state index contributed by atoms with van der Waals surface area (Å²) in [6.45, 7) is 1.84. The number of halogens is 1. The fraction of sp³-hybridized carbons (Fsp3) is 0.455. The third-order valence-corrected chi connectivity index (χ3v) is 5.61. The minimum Gasteiger partial charge on any atom is -0.369 e. The van der Waals surface area contributed by atoms with Crippen LogP contribution in [0.5, 0.6) is 0 Å². The van der Waals surface area contributed by atoms with Gasteiger partial charge in [0.2, 0.25) is 15.9 Å². The van der Waals surface area contributed by atoms with E-state index in [9.17, 15) is 18.0 Å². The third kappa shape index (κ3) is 2.46. The Labute approximate surface area is 120 Å². The predicted octanol–water partition coefficient (Wildman–Crippen LogP) is -0.0857. The third-order valence-electron chi connectivity index (χ3n) is 3.50. The van der Waals surface area contributed by atoms with Crippen molar-refractivity contribution in [2.45, 2.75) is 18.2 Å². The number of sulfonamides is 1. The van der Waals surface area contributed by atoms with E-state index in [4.69, 9.17) is 17.3 Å². The molecule has 2 rings (SSSR count). The number of rotatable bonds is 3. The smallest absolute Gasteiger partial charge is 0.266 e. The Morgan fingerprint density at radius 2 is 2.20 bits per heavy atom. The molecular weight excluding hydrogens is 306 g/mol. The maximum Gasteiger partial charge on any atom is 0.266 e. The Hall–Kier alpha value is -1.38. The highest BCUT2D eigenvalue weighted by atomic mass is 35.5. The number of nitrogens with one attached hydrogen (secondary N) is 1. The first-order valence-electron chi connectivity index (χ1n) is 5.85. The van der Waals surface area contributed by atoms with Crippen LogP contribution in [0.4, 0.5) is 0 Å². The van der Waals surface area contributed by atoms with Crippen LogP contribution in [0.1, 0.15) is 13.3 Å². The number of primary amides is 1. The first-order chi connectivity index (χ1) is 9.17. The van der Waals surface area contributed by atoms with Crippen molar-refractivity contribution in [2.75, 3.05) is 13.1 Å². The molecule has 20 heavy (non-hydrogen) atoms. The molecule has 1 aromatic rings. The van der Waals surface area contributed by atoms with Crippen molar-refractivity contribution in [3.05, 3.63) is 27.6 Å². The normalized spacial score (nSPS) is 23.9. The summed E-state index contributed by atoms with van der Waals surface area (Å²) in [5.74, 6) is -0.533. The largest absolute Gasteiger partial charge is 0.369 e. The molecule has 7 nitrogen and oxygen atoms in total. The molecule has 0 bridgehead atoms. The van der Waals surface area contributed by atoms with E-state index in [0.29, 0.717) is 6.42 Å². The second-order valence-corrected chi connectivity index (χ2v) is 7.37. The van der Waals surface area contributed by atoms with Crippen molar-refractivity contribution in [1.29, 1.82) is 0 Å². The summed E-state index contributed by atoms with van der Waals surface area (Å²) in [4.78, 5) is 24.7. The van der Waals surface area contributed by atoms with Gasteiger partial charge in [0.15, 0.2) is 0 Å². The Morgan fingerprint density at radius 3 is 2.70 bits per heavy atom. The van der Waals surface area contributed by atoms with Crippen LogP contribution < -0.4 is 11.3 Å². The zero-order valence-electron chi connectivity index (χ0n) is 10.7. The van der Waals surface area contributed by atoms with Gasteiger partial charge < -0.3 is 10.7 Å². The van der Waals surface area contributed by atoms with Gasteiger partial charge in [-0.05, 0) is 19.4 Å². The van der Waals surface area contributed by atoms with Crippen molar-refractivity contribution < 1.29 is 13.2 Å². The van der Waals surface area contributed by atoms with Gasteiger partial charge in [-0.1, -0.05) is 11.6 Å². The molecule has 110 valence electrons. The van der Waals surface area contributed by atoms with E-state index in [-0.39, 0.29) is 23.0 Å². The lowest BCUT2D eigenvalue weighted by Crippen LogP contribution is -2.38. The van der Waals surface area contributed by atoms with Gasteiger partial charge >= 0.3 is 0 Å². The monoisotopic (exact) mass is 319 g/mol. The van der Waals surface area contributed by atoms with Gasteiger partial charge in [-0.25, -0.2) is 8.42 Å². The Bertz CT molecular complexity index is 715. The molecule has 0 aromatic carbocycles. The van der Waals surface area contributed by atoms with Gasteiger partial charge in [0.25, 0.3) is 5.56 Å². The topological polar surface area (TPSA) is 113 Å². The number of hydrogen-bond donors (Lipinski definition) is 2. The van der Waals surface area contributed by atoms with Crippen LogP contribution in [0.3, 0.4) is 0 Å². The van der Waals surface area contributed by atoms with E-state index in [1.54, 1.807) is 6.92 Å². The van der Waals surface area contributed by atoms with Gasteiger partial charge in [-0.3, -0.25) is 9.59 Å². The van der Waals surface area contributed by atoms with Crippen molar-refractivity contribution in [3.63, 3.8) is 0 Å². The quantitative estimate of drug-likeness (QED) is 0.810. The van der Waals surface area contributed by atoms with Gasteiger partial charge in [0.05, 0.1) is 10.3 Å². The summed E-state index contributed by atoms with van der Waals surface area (Å²) >= 11 is 5.63. The molecule has 0 spiro atoms. The number of nitrogens with two attached hydrogens (primary N) is 1. The van der Waals surface area contributed by atoms with Crippen molar-refractivity contribution in [3.8, 4) is 0 Å². The molecule has 1 aliphatic heterocycles. The van der Waals surface area contributed by atoms with Crippen molar-refractivity contribution in [2.24, 2.45) is 11.1 Å². The molecule has 1 unspecified atom stereocenters. The van der Waals surface area contributed by atoms with Crippen LogP contribution >= 0.6 is 11.6 Å². The molecule has 3 N–H and O–H groups in total. The van der Waals surface area contributed by atoms with E-state index >= 15 is 0 Å². The first-order valence-corrected chi connectivity index (χ1v) is 7.67. The highest BCUT2D eigenvalue weighted by Gasteiger charge is 2.43. The molecule has 1 aliphatic rings. The van der Waals surface area contributed by atoms with Crippen LogP contribution in [-0.4, -0.2) is 36.7 Å². The average molecular weight is 320 g/mol. The molecule has 9 heteroatoms. The van der Waals surface area contributed by atoms with Crippen LogP contribution in [0.25, 0.3) is 0 Å². The summed E-state index contributed by atoms with van der Waals surface area (Å²) in [5.41, 5.74) is 3.85. The Morgan fingerprint density at radius 1 is 1.55 bits per heavy atom. The number of H-pyrrole nitrogens is 1. The maximum absolute atomic E-state index is 12.4. The van der Waals surface area contributed by atoms with Gasteiger partial charge in [0.1, 0.15) is 5.02 Å². The Balaban J connectivity index is 2.35. The number of carbonyl (C=O) groups is 1. The first kappa shape index (κ1) is 15.0. The van der Waals surface area contributed by atoms with Crippen LogP contribution in [0, 0.1) is 5.41 Å². The number of nitrogens with zero attached hydrogens (tertiary/aromatic N) is 1. The van der Waals surface area contributed by atoms with Crippen LogP contribution in [0.15, 0.2) is 22.0 Å². The second kappa shape index (κ2) is 4.87. The standard InChI is InChI=1S/C11H14ClN3O4S/c1-11(10(13)17)2-3-15(6-11)20(18,19)7-4-8(12)9(16)14-5-7/h4-5H,2-3,6H2,1H3,(H2,13,17)(H,14,16). The van der Waals surface area contributed by atoms with Crippen LogP contribution in [-0.2, 0) is 14.8 Å². The van der Waals surface area contributed by atoms with E-state index < -0.39 is 26.9 Å². The summed E-state index contributed by atoms with van der Waals surface area (Å²) in [7, 11) is -3.81. The van der Waals surface area contributed by atoms with E-state index in [1.165, 1.54) is 4.31 Å². The fourth-order valence-corrected chi connectivity index (χ4v) is 3.86. The maximum atomic E-state index is 12.4. The number of aromatic nitrogens is 1. The van der Waals surface area contributed by atoms with Crippen LogP contribution in [0.2, 0.25) is 5.02 Å². The average Bonchev–Trinajstić information content (AvgIpc) is 2.77. The predicted molar refractivity (Wildman–Crippen MR) is 72.7 cm³/mol. The SMILES string of the molecule is CC1(C(N)=O)CCN(S(=O)(=O)c2c[nH]c(=O)c(Cl)c2)C1. The molecule has 1 aromatic heterocycles. The summed E-state index contributed by atoms with van der Waals surface area (Å²) in [6, 6.07) is 1.09. The summed E-state index contributed by atoms with van der Waals surface area (Å²) < 4.78 is 26.0. The van der Waals surface area contributed by atoms with Crippen molar-refractivity contribution >= 4 is 27.5 Å². The molecule has 1 fully saturated rings. The second-order valence-electron chi connectivity index (χ2n) is 5.03. The molecule has 0 radical (unpaired) electrons. The molecular formula is C11H14ClN3O4S. The lowest BCUT2D eigenvalue weighted by molar-refractivity contribution is -0.126. The Kier molecular flexibility index (Phi) is 3.66. The van der Waals surface area contributed by atoms with Gasteiger partial charge in [-0.15, -0.1) is 0 Å². The molecule has 1 saturated heterocycles. The number of hydrogen-bond acceptors (Lipinski definition) is 4. The van der Waals surface area contributed by atoms with E-state index in [1.807, 2.05) is 0 Å². The minimum atomic E-state index is -3.81. The molecule has 0 aliphatic carbocycles. The fourth-order valence-electron chi connectivity index (χ4n) is 2.06. The highest BCUT2D eigenvalue weighted by molar-refractivity contribution is 7.89. The number of amides is 1. The molecule has 0 saturated carbocycles. The number of carbonyl (C=O) groups excluding carboxylic acids is 1. The van der Waals surface area contributed by atoms with Gasteiger partial charge in [-0.2, -0.15) is 4.31 Å². The summed E-state index contributed by atoms with van der Waals surface area (Å²) in [6.07, 6.45) is 1.45.